The number of cyclic esters (lactones) is 1. The number of esters is 1. The third kappa shape index (κ3) is 20.9. The molecule has 2 aliphatic rings. The number of hydrogen-bond acceptors (Lipinski definition) is 12. The Morgan fingerprint density at radius 3 is 1.90 bits per heavy atom. The molecule has 2 fully saturated rings. The summed E-state index contributed by atoms with van der Waals surface area (Å²) in [6.07, 6.45) is 26.7. The van der Waals surface area contributed by atoms with Crippen molar-refractivity contribution in [1.82, 2.24) is 15.1 Å². The predicted molar refractivity (Wildman–Crippen MR) is 269 cm³/mol. The van der Waals surface area contributed by atoms with Gasteiger partial charge in [-0.1, -0.05) is 101 Å². The van der Waals surface area contributed by atoms with Crippen LogP contribution in [0.25, 0.3) is 0 Å². The van der Waals surface area contributed by atoms with Gasteiger partial charge in [0.25, 0.3) is 0 Å². The van der Waals surface area contributed by atoms with E-state index in [1.807, 2.05) is 50.7 Å². The van der Waals surface area contributed by atoms with E-state index >= 15 is 0 Å². The Balaban J connectivity index is 2.07. The number of aliphatic hydroxyl groups is 5. The maximum Gasteiger partial charge on any atom is 0.311 e. The minimum Gasteiger partial charge on any atom is -0.459 e. The van der Waals surface area contributed by atoms with Crippen LogP contribution in [0.2, 0.25) is 0 Å². The Kier molecular flexibility index (Phi) is 28.1. The van der Waals surface area contributed by atoms with Crippen molar-refractivity contribution in [2.45, 2.75) is 206 Å². The molecule has 6 N–H and O–H groups in total. The first kappa shape index (κ1) is 60.1. The van der Waals surface area contributed by atoms with Gasteiger partial charge in [-0.3, -0.25) is 14.5 Å². The van der Waals surface area contributed by atoms with E-state index in [-0.39, 0.29) is 36.8 Å². The van der Waals surface area contributed by atoms with Gasteiger partial charge in [-0.05, 0) is 125 Å². The summed E-state index contributed by atoms with van der Waals surface area (Å²) in [6.45, 7) is 17.1. The fourth-order valence-electron chi connectivity index (χ4n) is 9.35. The topological polar surface area (TPSA) is 181 Å². The smallest absolute Gasteiger partial charge is 0.311 e. The molecule has 0 spiro atoms. The summed E-state index contributed by atoms with van der Waals surface area (Å²) in [5.41, 5.74) is -3.45. The van der Waals surface area contributed by atoms with Crippen LogP contribution in [0.15, 0.2) is 72.9 Å². The Bertz CT molecular complexity index is 1590. The van der Waals surface area contributed by atoms with Gasteiger partial charge in [0.1, 0.15) is 23.9 Å². The van der Waals surface area contributed by atoms with Crippen molar-refractivity contribution in [3.63, 3.8) is 0 Å². The number of nitrogens with zero attached hydrogens (tertiary/aromatic N) is 2. The fourth-order valence-corrected chi connectivity index (χ4v) is 9.35. The molecular weight excluding hydrogens is 851 g/mol. The Labute approximate surface area is 405 Å². The van der Waals surface area contributed by atoms with E-state index in [0.29, 0.717) is 45.3 Å². The van der Waals surface area contributed by atoms with E-state index in [1.165, 1.54) is 13.8 Å². The van der Waals surface area contributed by atoms with Gasteiger partial charge in [0.05, 0.1) is 29.8 Å². The highest BCUT2D eigenvalue weighted by molar-refractivity contribution is 5.76. The van der Waals surface area contributed by atoms with Crippen molar-refractivity contribution in [1.29, 1.82) is 0 Å². The number of carbonyl (C=O) groups is 2. The molecule has 0 saturated carbocycles. The SMILES string of the molecule is CC/C=C\C/C=C\C/C=C\C/C=C\C/C=C\C/C=C\CCC(=O)NCCCN1C[C@H](C)C[C@@](C)(O)[C@H](O[C@H]2O[C@H](C)C[C@H](N(C)C)[C@H]2O)[C@@H](C)[C@H](O)[C@@H](C)C(=O)O[C@H](CC)[C@@](C)(O)[C@H](O)[C@H]1C. The number of carbonyl (C=O) groups excluding carboxylic acids is 2. The average Bonchev–Trinajstić information content (AvgIpc) is 3.27. The van der Waals surface area contributed by atoms with Gasteiger partial charge >= 0.3 is 5.97 Å². The number of aliphatic hydroxyl groups excluding tert-OH is 3. The van der Waals surface area contributed by atoms with Crippen molar-refractivity contribution in [2.24, 2.45) is 17.8 Å². The molecule has 1 amide bonds. The van der Waals surface area contributed by atoms with E-state index < -0.39 is 71.9 Å². The summed E-state index contributed by atoms with van der Waals surface area (Å²) in [4.78, 5) is 30.4. The van der Waals surface area contributed by atoms with E-state index in [4.69, 9.17) is 14.2 Å². The van der Waals surface area contributed by atoms with Crippen LogP contribution in [0.1, 0.15) is 139 Å². The van der Waals surface area contributed by atoms with E-state index in [0.717, 1.165) is 38.5 Å². The fraction of sp³-hybridized carbons (Fsp3) is 0.741. The Morgan fingerprint density at radius 1 is 0.836 bits per heavy atom. The normalized spacial score (nSPS) is 34.9. The third-order valence-electron chi connectivity index (χ3n) is 13.4. The first-order valence-corrected chi connectivity index (χ1v) is 25.3. The summed E-state index contributed by atoms with van der Waals surface area (Å²) < 4.78 is 18.5. The molecule has 0 radical (unpaired) electrons. The molecular formula is C54H93N3O10. The lowest BCUT2D eigenvalue weighted by Crippen LogP contribution is -2.59. The van der Waals surface area contributed by atoms with E-state index in [9.17, 15) is 35.1 Å². The maximum absolute atomic E-state index is 13.7. The Morgan fingerprint density at radius 2 is 1.37 bits per heavy atom. The summed E-state index contributed by atoms with van der Waals surface area (Å²) in [5, 5.41) is 62.2. The molecule has 2 aliphatic heterocycles. The van der Waals surface area contributed by atoms with Gasteiger partial charge in [-0.15, -0.1) is 0 Å². The summed E-state index contributed by atoms with van der Waals surface area (Å²) in [6, 6.07) is -0.907. The van der Waals surface area contributed by atoms with E-state index in [1.54, 1.807) is 20.8 Å². The zero-order chi connectivity index (χ0) is 50.2. The van der Waals surface area contributed by atoms with Crippen LogP contribution in [-0.4, -0.2) is 147 Å². The second kappa shape index (κ2) is 31.3. The number of nitrogens with one attached hydrogen (secondary N) is 1. The quantitative estimate of drug-likeness (QED) is 0.0362. The number of allylic oxidation sites excluding steroid dienone is 12. The number of amides is 1. The molecule has 2 rings (SSSR count). The molecule has 67 heavy (non-hydrogen) atoms. The molecule has 0 aromatic heterocycles. The predicted octanol–water partition coefficient (Wildman–Crippen LogP) is 7.33. The number of ether oxygens (including phenoxy) is 3. The molecule has 384 valence electrons. The average molecular weight is 944 g/mol. The van der Waals surface area contributed by atoms with Gasteiger partial charge in [0, 0.05) is 44.1 Å². The highest BCUT2D eigenvalue weighted by Gasteiger charge is 2.50. The van der Waals surface area contributed by atoms with E-state index in [2.05, 4.69) is 79.1 Å². The lowest BCUT2D eigenvalue weighted by molar-refractivity contribution is -0.299. The largest absolute Gasteiger partial charge is 0.459 e. The van der Waals surface area contributed by atoms with Crippen LogP contribution in [0.5, 0.6) is 0 Å². The molecule has 14 atom stereocenters. The summed E-state index contributed by atoms with van der Waals surface area (Å²) >= 11 is 0. The van der Waals surface area contributed by atoms with Crippen molar-refractivity contribution in [3.05, 3.63) is 72.9 Å². The molecule has 2 heterocycles. The maximum atomic E-state index is 13.7. The van der Waals surface area contributed by atoms with Gasteiger partial charge in [-0.2, -0.15) is 0 Å². The number of rotatable bonds is 22. The van der Waals surface area contributed by atoms with Crippen molar-refractivity contribution >= 4 is 11.9 Å². The molecule has 0 aromatic carbocycles. The minimum atomic E-state index is -1.86. The van der Waals surface area contributed by atoms with Crippen molar-refractivity contribution < 1.29 is 49.3 Å². The van der Waals surface area contributed by atoms with Crippen molar-refractivity contribution in [3.8, 4) is 0 Å². The molecule has 13 nitrogen and oxygen atoms in total. The second-order valence-corrected chi connectivity index (χ2v) is 19.8. The van der Waals surface area contributed by atoms with Crippen LogP contribution in [-0.2, 0) is 23.8 Å². The summed E-state index contributed by atoms with van der Waals surface area (Å²) in [7, 11) is 3.75. The zero-order valence-electron chi connectivity index (χ0n) is 43.1. The van der Waals surface area contributed by atoms with Crippen LogP contribution in [0.3, 0.4) is 0 Å². The van der Waals surface area contributed by atoms with Crippen LogP contribution in [0.4, 0.5) is 0 Å². The minimum absolute atomic E-state index is 0.0560. The van der Waals surface area contributed by atoms with Gasteiger partial charge in [-0.25, -0.2) is 0 Å². The van der Waals surface area contributed by atoms with Crippen LogP contribution >= 0.6 is 0 Å². The lowest BCUT2D eigenvalue weighted by Gasteiger charge is -2.46. The summed E-state index contributed by atoms with van der Waals surface area (Å²) in [5.74, 6) is -2.97. The standard InChI is InChI=1S/C54H93N3O10/c1-12-14-15-16-17-18-19-20-21-22-23-24-25-26-27-28-29-30-31-33-46(58)55-34-32-35-57-38-39(3)37-53(8,63)50(67-52-48(60)44(56(10)11)36-40(4)65-52)41(5)47(59)42(6)51(62)66-45(13-2)54(9,64)49(61)43(57)7/h14-15,17-18,20-21,23-24,26-27,29-30,39-45,47-50,52,59-61,63-64H,12-13,16,19,22,25,28,31-38H2,1-11H3,(H,55,58)/b15-14-,18-17-,21-20-,24-23-,27-26-,30-29-/t39-,40-,41+,42-,43-,44+,45-,47+,48-,49-,50-,52-,53-,54-/m1/s1. The number of hydrogen-bond donors (Lipinski definition) is 6. The third-order valence-corrected chi connectivity index (χ3v) is 13.4. The molecule has 0 bridgehead atoms. The molecule has 0 aliphatic carbocycles. The molecule has 0 unspecified atom stereocenters. The monoisotopic (exact) mass is 944 g/mol. The lowest BCUT2D eigenvalue weighted by atomic mass is 9.78. The molecule has 2 saturated heterocycles. The first-order chi connectivity index (χ1) is 31.7. The van der Waals surface area contributed by atoms with Gasteiger partial charge in [0.2, 0.25) is 5.91 Å². The molecule has 13 heteroatoms. The van der Waals surface area contributed by atoms with Gasteiger partial charge in [0.15, 0.2) is 6.29 Å². The van der Waals surface area contributed by atoms with Crippen LogP contribution in [0, 0.1) is 17.8 Å². The Hall–Kier alpha value is -2.98. The second-order valence-electron chi connectivity index (χ2n) is 19.8. The number of likely N-dealkylation sites (N-methyl/N-ethyl adjacent to an activating group) is 1. The highest BCUT2D eigenvalue weighted by Crippen LogP contribution is 2.37. The van der Waals surface area contributed by atoms with Crippen molar-refractivity contribution in [2.75, 3.05) is 33.7 Å². The molecule has 0 aromatic rings. The first-order valence-electron chi connectivity index (χ1n) is 25.3. The zero-order valence-corrected chi connectivity index (χ0v) is 43.1. The van der Waals surface area contributed by atoms with Gasteiger partial charge < -0.3 is 50.0 Å². The van der Waals surface area contributed by atoms with Crippen LogP contribution < -0.4 is 5.32 Å². The highest BCUT2D eigenvalue weighted by atomic mass is 16.7.